The van der Waals surface area contributed by atoms with Gasteiger partial charge in [-0.25, -0.2) is 0 Å². The Morgan fingerprint density at radius 2 is 2.00 bits per heavy atom. The van der Waals surface area contributed by atoms with E-state index in [-0.39, 0.29) is 0 Å². The molecule has 0 saturated heterocycles. The Morgan fingerprint density at radius 3 is 2.75 bits per heavy atom. The summed E-state index contributed by atoms with van der Waals surface area (Å²) >= 11 is 0. The van der Waals surface area contributed by atoms with Crippen LogP contribution in [-0.4, -0.2) is 23.0 Å². The van der Waals surface area contributed by atoms with Gasteiger partial charge in [0.05, 0.1) is 18.3 Å². The van der Waals surface area contributed by atoms with E-state index in [1.165, 1.54) is 19.3 Å². The van der Waals surface area contributed by atoms with Crippen molar-refractivity contribution in [2.24, 2.45) is 0 Å². The molecule has 0 amide bonds. The normalized spacial score (nSPS) is 22.9. The van der Waals surface area contributed by atoms with Gasteiger partial charge in [0.25, 0.3) is 0 Å². The van der Waals surface area contributed by atoms with Crippen molar-refractivity contribution in [3.05, 3.63) is 36.7 Å². The summed E-state index contributed by atoms with van der Waals surface area (Å²) in [5.41, 5.74) is 8.81. The maximum absolute atomic E-state index is 5.72. The summed E-state index contributed by atoms with van der Waals surface area (Å²) in [5, 5.41) is 4.54. The molecule has 1 aromatic heterocycles. The number of rotatable bonds is 3. The third-order valence-electron chi connectivity index (χ3n) is 4.15. The van der Waals surface area contributed by atoms with E-state index < -0.39 is 0 Å². The first-order valence-corrected chi connectivity index (χ1v) is 7.19. The van der Waals surface area contributed by atoms with Gasteiger partial charge < -0.3 is 10.5 Å². The zero-order chi connectivity index (χ0) is 13.9. The van der Waals surface area contributed by atoms with E-state index in [1.807, 2.05) is 30.5 Å². The summed E-state index contributed by atoms with van der Waals surface area (Å²) in [6.45, 7) is 0. The second-order valence-electron chi connectivity index (χ2n) is 5.51. The Hall–Kier alpha value is -1.81. The van der Waals surface area contributed by atoms with Crippen molar-refractivity contribution in [3.63, 3.8) is 0 Å². The third-order valence-corrected chi connectivity index (χ3v) is 4.15. The van der Waals surface area contributed by atoms with Crippen molar-refractivity contribution in [3.8, 4) is 11.1 Å². The lowest BCUT2D eigenvalue weighted by atomic mass is 9.93. The lowest BCUT2D eigenvalue weighted by Crippen LogP contribution is -2.24. The fraction of sp³-hybridized carbons (Fsp3) is 0.438. The lowest BCUT2D eigenvalue weighted by Gasteiger charge is -2.28. The number of anilines is 1. The zero-order valence-electron chi connectivity index (χ0n) is 11.8. The highest BCUT2D eigenvalue weighted by atomic mass is 16.5. The highest BCUT2D eigenvalue weighted by Crippen LogP contribution is 2.31. The monoisotopic (exact) mass is 271 g/mol. The van der Waals surface area contributed by atoms with E-state index >= 15 is 0 Å². The van der Waals surface area contributed by atoms with Crippen LogP contribution in [0.4, 0.5) is 5.69 Å². The van der Waals surface area contributed by atoms with E-state index in [0.717, 1.165) is 23.2 Å². The molecule has 2 aromatic rings. The molecule has 1 aliphatic carbocycles. The Bertz CT molecular complexity index is 561. The van der Waals surface area contributed by atoms with Gasteiger partial charge in [-0.15, -0.1) is 0 Å². The topological polar surface area (TPSA) is 53.1 Å². The highest BCUT2D eigenvalue weighted by molar-refractivity contribution is 5.63. The van der Waals surface area contributed by atoms with Crippen LogP contribution in [0.15, 0.2) is 36.7 Å². The molecule has 106 valence electrons. The average Bonchev–Trinajstić information content (AvgIpc) is 2.98. The van der Waals surface area contributed by atoms with Gasteiger partial charge >= 0.3 is 0 Å². The Labute approximate surface area is 119 Å². The van der Waals surface area contributed by atoms with Crippen molar-refractivity contribution in [2.45, 2.75) is 37.8 Å². The van der Waals surface area contributed by atoms with Crippen LogP contribution in [0.25, 0.3) is 11.1 Å². The molecule has 0 spiro atoms. The first-order valence-electron chi connectivity index (χ1n) is 7.19. The molecular formula is C16H21N3O. The van der Waals surface area contributed by atoms with Crippen LogP contribution in [0.1, 0.15) is 31.7 Å². The van der Waals surface area contributed by atoms with Crippen LogP contribution in [0, 0.1) is 0 Å². The number of nitrogens with zero attached hydrogens (tertiary/aromatic N) is 2. The summed E-state index contributed by atoms with van der Waals surface area (Å²) in [4.78, 5) is 0. The van der Waals surface area contributed by atoms with E-state index in [0.29, 0.717) is 12.1 Å². The summed E-state index contributed by atoms with van der Waals surface area (Å²) in [6, 6.07) is 8.38. The van der Waals surface area contributed by atoms with Gasteiger partial charge in [0.1, 0.15) is 0 Å². The molecule has 2 unspecified atom stereocenters. The van der Waals surface area contributed by atoms with Crippen LogP contribution in [0.5, 0.6) is 0 Å². The number of nitrogen functional groups attached to an aromatic ring is 1. The minimum absolute atomic E-state index is 0.373. The van der Waals surface area contributed by atoms with Gasteiger partial charge in [-0.1, -0.05) is 12.1 Å². The Morgan fingerprint density at radius 1 is 1.20 bits per heavy atom. The van der Waals surface area contributed by atoms with Crippen LogP contribution in [0.3, 0.4) is 0 Å². The second-order valence-corrected chi connectivity index (χ2v) is 5.51. The minimum atomic E-state index is 0.373. The molecule has 1 saturated carbocycles. The lowest BCUT2D eigenvalue weighted by molar-refractivity contribution is 0.0508. The van der Waals surface area contributed by atoms with Crippen LogP contribution in [-0.2, 0) is 4.74 Å². The number of benzene rings is 1. The molecule has 1 heterocycles. The van der Waals surface area contributed by atoms with Gasteiger partial charge in [0.15, 0.2) is 0 Å². The van der Waals surface area contributed by atoms with Crippen LogP contribution >= 0.6 is 0 Å². The van der Waals surface area contributed by atoms with Crippen molar-refractivity contribution in [2.75, 3.05) is 12.8 Å². The Kier molecular flexibility index (Phi) is 3.74. The Balaban J connectivity index is 1.78. The number of methoxy groups -OCH3 is 1. The largest absolute Gasteiger partial charge is 0.399 e. The molecule has 2 N–H and O–H groups in total. The predicted octanol–water partition coefficient (Wildman–Crippen LogP) is 3.26. The van der Waals surface area contributed by atoms with Crippen LogP contribution in [0.2, 0.25) is 0 Å². The highest BCUT2D eigenvalue weighted by Gasteiger charge is 2.23. The third kappa shape index (κ3) is 2.70. The number of aromatic nitrogens is 2. The predicted molar refractivity (Wildman–Crippen MR) is 80.4 cm³/mol. The molecule has 2 atom stereocenters. The van der Waals surface area contributed by atoms with E-state index in [9.17, 15) is 0 Å². The number of nitrogens with two attached hydrogens (primary N) is 1. The van der Waals surface area contributed by atoms with Gasteiger partial charge in [0.2, 0.25) is 0 Å². The standard InChI is InChI=1S/C16H21N3O/c1-20-16-4-2-3-15(9-16)19-11-13(10-18-19)12-5-7-14(17)8-6-12/h5-8,10-11,15-16H,2-4,9,17H2,1H3. The molecule has 20 heavy (non-hydrogen) atoms. The zero-order valence-corrected chi connectivity index (χ0v) is 11.8. The molecule has 3 rings (SSSR count). The molecule has 0 aliphatic heterocycles. The fourth-order valence-corrected chi connectivity index (χ4v) is 2.94. The first-order chi connectivity index (χ1) is 9.76. The van der Waals surface area contributed by atoms with E-state index in [2.05, 4.69) is 16.0 Å². The summed E-state index contributed by atoms with van der Waals surface area (Å²) in [7, 11) is 1.80. The molecule has 1 aromatic carbocycles. The van der Waals surface area contributed by atoms with Crippen LogP contribution < -0.4 is 5.73 Å². The quantitative estimate of drug-likeness (QED) is 0.872. The summed E-state index contributed by atoms with van der Waals surface area (Å²) in [5.74, 6) is 0. The summed E-state index contributed by atoms with van der Waals surface area (Å²) < 4.78 is 7.59. The van der Waals surface area contributed by atoms with Crippen molar-refractivity contribution in [1.82, 2.24) is 9.78 Å². The summed E-state index contributed by atoms with van der Waals surface area (Å²) in [6.07, 6.45) is 9.05. The fourth-order valence-electron chi connectivity index (χ4n) is 2.94. The minimum Gasteiger partial charge on any atom is -0.399 e. The molecule has 1 aliphatic rings. The molecule has 0 bridgehead atoms. The van der Waals surface area contributed by atoms with E-state index in [4.69, 9.17) is 10.5 Å². The number of hydrogen-bond acceptors (Lipinski definition) is 3. The van der Waals surface area contributed by atoms with Gasteiger partial charge in [-0.3, -0.25) is 4.68 Å². The van der Waals surface area contributed by atoms with Crippen molar-refractivity contribution < 1.29 is 4.74 Å². The maximum Gasteiger partial charge on any atom is 0.0591 e. The number of ether oxygens (including phenoxy) is 1. The average molecular weight is 271 g/mol. The molecule has 4 heteroatoms. The SMILES string of the molecule is COC1CCCC(n2cc(-c3ccc(N)cc3)cn2)C1. The molecular weight excluding hydrogens is 250 g/mol. The molecule has 0 radical (unpaired) electrons. The second kappa shape index (κ2) is 5.67. The first kappa shape index (κ1) is 13.2. The number of hydrogen-bond donors (Lipinski definition) is 1. The smallest absolute Gasteiger partial charge is 0.0591 e. The van der Waals surface area contributed by atoms with Gasteiger partial charge in [-0.05, 0) is 43.4 Å². The molecule has 1 fully saturated rings. The maximum atomic E-state index is 5.72. The molecule has 4 nitrogen and oxygen atoms in total. The van der Waals surface area contributed by atoms with Gasteiger partial charge in [-0.2, -0.15) is 5.10 Å². The van der Waals surface area contributed by atoms with Crippen molar-refractivity contribution >= 4 is 5.69 Å². The van der Waals surface area contributed by atoms with Crippen molar-refractivity contribution in [1.29, 1.82) is 0 Å². The van der Waals surface area contributed by atoms with Gasteiger partial charge in [0, 0.05) is 24.6 Å². The van der Waals surface area contributed by atoms with E-state index in [1.54, 1.807) is 7.11 Å².